The van der Waals surface area contributed by atoms with Crippen LogP contribution in [-0.4, -0.2) is 131 Å². The molecular weight excluding hydrogens is 562 g/mol. The van der Waals surface area contributed by atoms with Crippen molar-refractivity contribution in [1.29, 1.82) is 0 Å². The van der Waals surface area contributed by atoms with Crippen LogP contribution in [0.1, 0.15) is 42.6 Å². The van der Waals surface area contributed by atoms with E-state index in [1.807, 2.05) is 6.07 Å². The minimum Gasteiger partial charge on any atom is -0.484 e. The van der Waals surface area contributed by atoms with Crippen molar-refractivity contribution in [3.05, 3.63) is 29.3 Å². The molecule has 12 nitrogen and oxygen atoms in total. The maximum atomic E-state index is 12.1. The van der Waals surface area contributed by atoms with Gasteiger partial charge in [0.1, 0.15) is 5.75 Å². The van der Waals surface area contributed by atoms with E-state index in [2.05, 4.69) is 12.2 Å². The number of amides is 1. The Balaban J connectivity index is 1.85. The van der Waals surface area contributed by atoms with Crippen LogP contribution in [0.25, 0.3) is 0 Å². The van der Waals surface area contributed by atoms with Crippen molar-refractivity contribution in [3.63, 3.8) is 0 Å². The van der Waals surface area contributed by atoms with Crippen LogP contribution in [0.2, 0.25) is 0 Å². The summed E-state index contributed by atoms with van der Waals surface area (Å²) < 4.78 is 48.5. The molecule has 1 N–H and O–H groups in total. The Hall–Kier alpha value is -2.16. The number of rotatable bonds is 31. The van der Waals surface area contributed by atoms with Gasteiger partial charge in [0, 0.05) is 19.2 Å². The van der Waals surface area contributed by atoms with E-state index >= 15 is 0 Å². The Morgan fingerprint density at radius 2 is 1.14 bits per heavy atom. The Morgan fingerprint density at radius 3 is 1.58 bits per heavy atom. The van der Waals surface area contributed by atoms with Gasteiger partial charge in [0.25, 0.3) is 5.91 Å². The number of ketones is 1. The van der Waals surface area contributed by atoms with Crippen LogP contribution < -0.4 is 10.1 Å². The van der Waals surface area contributed by atoms with Gasteiger partial charge in [0.05, 0.1) is 99.1 Å². The molecular formula is C31H53NO11. The van der Waals surface area contributed by atoms with Crippen LogP contribution in [0.5, 0.6) is 5.75 Å². The van der Waals surface area contributed by atoms with E-state index in [1.165, 1.54) is 0 Å². The number of carbonyl (C=O) groups is 2. The van der Waals surface area contributed by atoms with Gasteiger partial charge < -0.3 is 47.9 Å². The minimum atomic E-state index is -0.236. The lowest BCUT2D eigenvalue weighted by atomic mass is 9.99. The minimum absolute atomic E-state index is 0.0311. The van der Waals surface area contributed by atoms with E-state index in [-0.39, 0.29) is 18.3 Å². The number of ether oxygens (including phenoxy) is 9. The van der Waals surface area contributed by atoms with E-state index in [0.29, 0.717) is 117 Å². The Labute approximate surface area is 256 Å². The first-order valence-electron chi connectivity index (χ1n) is 15.1. The molecule has 0 saturated carbocycles. The van der Waals surface area contributed by atoms with Crippen molar-refractivity contribution in [2.24, 2.45) is 0 Å². The lowest BCUT2D eigenvalue weighted by Gasteiger charge is -2.11. The van der Waals surface area contributed by atoms with Crippen molar-refractivity contribution in [3.8, 4) is 5.75 Å². The Kier molecular flexibility index (Phi) is 25.9. The van der Waals surface area contributed by atoms with Gasteiger partial charge in [0.15, 0.2) is 12.4 Å². The molecule has 0 aliphatic rings. The summed E-state index contributed by atoms with van der Waals surface area (Å²) in [5.41, 5.74) is 1.66. The number of methoxy groups -OCH3 is 1. The fraction of sp³-hybridized carbons (Fsp3) is 0.742. The van der Waals surface area contributed by atoms with Gasteiger partial charge in [-0.2, -0.15) is 0 Å². The largest absolute Gasteiger partial charge is 0.484 e. The van der Waals surface area contributed by atoms with Crippen molar-refractivity contribution in [1.82, 2.24) is 5.32 Å². The highest BCUT2D eigenvalue weighted by Crippen LogP contribution is 2.20. The zero-order chi connectivity index (χ0) is 31.2. The van der Waals surface area contributed by atoms with E-state index in [0.717, 1.165) is 24.8 Å². The molecule has 0 heterocycles. The molecule has 0 saturated heterocycles. The highest BCUT2D eigenvalue weighted by molar-refractivity contribution is 5.95. The summed E-state index contributed by atoms with van der Waals surface area (Å²) in [5, 5.41) is 2.76. The quantitative estimate of drug-likeness (QED) is 0.0977. The summed E-state index contributed by atoms with van der Waals surface area (Å²) >= 11 is 0. The monoisotopic (exact) mass is 615 g/mol. The zero-order valence-corrected chi connectivity index (χ0v) is 26.4. The third kappa shape index (κ3) is 23.0. The molecule has 1 aromatic rings. The molecule has 0 spiro atoms. The van der Waals surface area contributed by atoms with Crippen LogP contribution in [0.15, 0.2) is 18.2 Å². The zero-order valence-electron chi connectivity index (χ0n) is 26.4. The number of Topliss-reactive ketones (excluding diaryl/α,β-unsaturated/α-hetero) is 1. The number of aryl methyl sites for hydroxylation is 1. The lowest BCUT2D eigenvalue weighted by Crippen LogP contribution is -2.32. The first kappa shape index (κ1) is 38.9. The Morgan fingerprint density at radius 1 is 0.674 bits per heavy atom. The first-order valence-corrected chi connectivity index (χ1v) is 15.1. The molecule has 1 amide bonds. The van der Waals surface area contributed by atoms with E-state index in [9.17, 15) is 9.59 Å². The van der Waals surface area contributed by atoms with Crippen molar-refractivity contribution in [2.45, 2.75) is 33.1 Å². The summed E-state index contributed by atoms with van der Waals surface area (Å²) in [5.74, 6) is 0.374. The molecule has 0 fully saturated rings. The lowest BCUT2D eigenvalue weighted by molar-refractivity contribution is -0.123. The summed E-state index contributed by atoms with van der Waals surface area (Å²) in [6.07, 6.45) is 2.83. The maximum Gasteiger partial charge on any atom is 0.258 e. The van der Waals surface area contributed by atoms with Crippen molar-refractivity contribution < 1.29 is 52.2 Å². The van der Waals surface area contributed by atoms with E-state index in [4.69, 9.17) is 42.6 Å². The second kappa shape index (κ2) is 28.6. The standard InChI is InChI=1S/C31H53NO11/c1-4-5-6-28-25-29(7-8-30(28)27(2)33)43-26-31(34)32-9-10-36-13-14-38-17-18-40-21-22-42-24-23-41-20-19-39-16-15-37-12-11-35-3/h7-8,25H,4-6,9-24,26H2,1-3H3,(H,32,34). The van der Waals surface area contributed by atoms with Crippen molar-refractivity contribution >= 4 is 11.7 Å². The molecule has 0 radical (unpaired) electrons. The van der Waals surface area contributed by atoms with Gasteiger partial charge in [-0.3, -0.25) is 9.59 Å². The van der Waals surface area contributed by atoms with Crippen molar-refractivity contribution in [2.75, 3.05) is 119 Å². The average molecular weight is 616 g/mol. The molecule has 0 aromatic heterocycles. The first-order chi connectivity index (χ1) is 21.1. The third-order valence-electron chi connectivity index (χ3n) is 5.86. The summed E-state index contributed by atoms with van der Waals surface area (Å²) in [7, 11) is 1.64. The topological polar surface area (TPSA) is 129 Å². The molecule has 0 aliphatic heterocycles. The summed E-state index contributed by atoms with van der Waals surface area (Å²) in [4.78, 5) is 23.9. The predicted octanol–water partition coefficient (Wildman–Crippen LogP) is 2.49. The SMILES string of the molecule is CCCCc1cc(OCC(=O)NCCOCCOCCOCCOCCOCCOCCOCCOC)ccc1C(C)=O. The molecule has 1 rings (SSSR count). The van der Waals surface area contributed by atoms with E-state index < -0.39 is 0 Å². The molecule has 43 heavy (non-hydrogen) atoms. The molecule has 12 heteroatoms. The van der Waals surface area contributed by atoms with Gasteiger partial charge in [-0.25, -0.2) is 0 Å². The third-order valence-corrected chi connectivity index (χ3v) is 5.86. The van der Waals surface area contributed by atoms with Crippen LogP contribution >= 0.6 is 0 Å². The predicted molar refractivity (Wildman–Crippen MR) is 161 cm³/mol. The summed E-state index contributed by atoms with van der Waals surface area (Å²) in [6, 6.07) is 5.34. The van der Waals surface area contributed by atoms with Gasteiger partial charge in [-0.15, -0.1) is 0 Å². The number of hydrogen-bond acceptors (Lipinski definition) is 11. The molecule has 0 bridgehead atoms. The van der Waals surface area contributed by atoms with Gasteiger partial charge in [-0.05, 0) is 43.5 Å². The number of unbranched alkanes of at least 4 members (excludes halogenated alkanes) is 1. The van der Waals surface area contributed by atoms with Crippen LogP contribution in [0, 0.1) is 0 Å². The molecule has 248 valence electrons. The van der Waals surface area contributed by atoms with Gasteiger partial charge >= 0.3 is 0 Å². The number of carbonyl (C=O) groups excluding carboxylic acids is 2. The van der Waals surface area contributed by atoms with Gasteiger partial charge in [0.2, 0.25) is 0 Å². The number of benzene rings is 1. The average Bonchev–Trinajstić information content (AvgIpc) is 3.01. The smallest absolute Gasteiger partial charge is 0.258 e. The number of nitrogens with one attached hydrogen (secondary N) is 1. The highest BCUT2D eigenvalue weighted by Gasteiger charge is 2.10. The molecule has 0 aliphatic carbocycles. The second-order valence-corrected chi connectivity index (χ2v) is 9.40. The van der Waals surface area contributed by atoms with Crippen LogP contribution in [0.4, 0.5) is 0 Å². The fourth-order valence-electron chi connectivity index (χ4n) is 3.60. The van der Waals surface area contributed by atoms with Gasteiger partial charge in [-0.1, -0.05) is 13.3 Å². The fourth-order valence-corrected chi connectivity index (χ4v) is 3.60. The molecule has 0 unspecified atom stereocenters. The number of hydrogen-bond donors (Lipinski definition) is 1. The molecule has 0 atom stereocenters. The Bertz CT molecular complexity index is 825. The van der Waals surface area contributed by atoms with Crippen LogP contribution in [0.3, 0.4) is 0 Å². The second-order valence-electron chi connectivity index (χ2n) is 9.40. The maximum absolute atomic E-state index is 12.1. The normalized spacial score (nSPS) is 11.1. The van der Waals surface area contributed by atoms with Crippen LogP contribution in [-0.2, 0) is 49.1 Å². The summed E-state index contributed by atoms with van der Waals surface area (Å²) in [6.45, 7) is 11.4. The van der Waals surface area contributed by atoms with E-state index in [1.54, 1.807) is 26.2 Å². The molecule has 1 aromatic carbocycles. The highest BCUT2D eigenvalue weighted by atomic mass is 16.6.